The van der Waals surface area contributed by atoms with E-state index < -0.39 is 7.12 Å². The molecule has 0 unspecified atom stereocenters. The Morgan fingerprint density at radius 3 is 2.62 bits per heavy atom. The third-order valence-electron chi connectivity index (χ3n) is 3.43. The SMILES string of the molecule is CCc1cc(B(O)O)ccc1C=NN=C(N)SCc1ccccc1. The fourth-order valence-electron chi connectivity index (χ4n) is 2.13. The van der Waals surface area contributed by atoms with E-state index in [0.717, 1.165) is 23.3 Å². The molecular formula is C17H20BN3O2S. The van der Waals surface area contributed by atoms with E-state index >= 15 is 0 Å². The predicted octanol–water partition coefficient (Wildman–Crippen LogP) is 1.51. The van der Waals surface area contributed by atoms with Crippen molar-refractivity contribution in [1.82, 2.24) is 0 Å². The van der Waals surface area contributed by atoms with Crippen LogP contribution in [0.25, 0.3) is 0 Å². The van der Waals surface area contributed by atoms with Crippen LogP contribution in [0.2, 0.25) is 0 Å². The number of amidine groups is 1. The Morgan fingerprint density at radius 1 is 1.21 bits per heavy atom. The quantitative estimate of drug-likeness (QED) is 0.321. The molecular weight excluding hydrogens is 321 g/mol. The highest BCUT2D eigenvalue weighted by atomic mass is 32.2. The van der Waals surface area contributed by atoms with Crippen LogP contribution in [0, 0.1) is 0 Å². The van der Waals surface area contributed by atoms with Gasteiger partial charge in [0.1, 0.15) is 0 Å². The van der Waals surface area contributed by atoms with E-state index in [1.807, 2.05) is 37.3 Å². The molecule has 0 bridgehead atoms. The Labute approximate surface area is 146 Å². The molecule has 0 aliphatic carbocycles. The average Bonchev–Trinajstić information content (AvgIpc) is 2.61. The molecule has 0 aliphatic heterocycles. The first-order valence-corrected chi connectivity index (χ1v) is 8.61. The van der Waals surface area contributed by atoms with Gasteiger partial charge < -0.3 is 15.8 Å². The summed E-state index contributed by atoms with van der Waals surface area (Å²) in [6.07, 6.45) is 2.38. The van der Waals surface area contributed by atoms with Gasteiger partial charge in [0.25, 0.3) is 0 Å². The van der Waals surface area contributed by atoms with Gasteiger partial charge in [-0.15, -0.1) is 5.10 Å². The van der Waals surface area contributed by atoms with Crippen LogP contribution in [0.1, 0.15) is 23.6 Å². The summed E-state index contributed by atoms with van der Waals surface area (Å²) in [5.74, 6) is 0.745. The largest absolute Gasteiger partial charge is 0.488 e. The zero-order valence-corrected chi connectivity index (χ0v) is 14.3. The summed E-state index contributed by atoms with van der Waals surface area (Å²) < 4.78 is 0. The summed E-state index contributed by atoms with van der Waals surface area (Å²) in [7, 11) is -1.47. The van der Waals surface area contributed by atoms with Crippen LogP contribution < -0.4 is 11.2 Å². The second-order valence-electron chi connectivity index (χ2n) is 5.14. The first-order valence-electron chi connectivity index (χ1n) is 7.62. The van der Waals surface area contributed by atoms with Crippen molar-refractivity contribution in [3.8, 4) is 0 Å². The van der Waals surface area contributed by atoms with Crippen LogP contribution >= 0.6 is 11.8 Å². The van der Waals surface area contributed by atoms with E-state index in [2.05, 4.69) is 10.2 Å². The van der Waals surface area contributed by atoms with Crippen molar-refractivity contribution in [3.05, 3.63) is 65.2 Å². The Morgan fingerprint density at radius 2 is 1.96 bits per heavy atom. The molecule has 0 atom stereocenters. The zero-order chi connectivity index (χ0) is 17.4. The van der Waals surface area contributed by atoms with Crippen LogP contribution in [0.15, 0.2) is 58.7 Å². The van der Waals surface area contributed by atoms with Gasteiger partial charge in [0.05, 0.1) is 6.21 Å². The minimum absolute atomic E-state index is 0.399. The van der Waals surface area contributed by atoms with Gasteiger partial charge in [-0.25, -0.2) is 0 Å². The first kappa shape index (κ1) is 18.3. The molecule has 0 fully saturated rings. The third-order valence-corrected chi connectivity index (χ3v) is 4.28. The number of hydrogen-bond donors (Lipinski definition) is 3. The van der Waals surface area contributed by atoms with Crippen molar-refractivity contribution >= 4 is 35.7 Å². The maximum atomic E-state index is 9.22. The Bertz CT molecular complexity index is 721. The number of rotatable bonds is 6. The molecule has 0 spiro atoms. The number of aryl methyl sites for hydroxylation is 1. The molecule has 24 heavy (non-hydrogen) atoms. The molecule has 0 aromatic heterocycles. The predicted molar refractivity (Wildman–Crippen MR) is 103 cm³/mol. The lowest BCUT2D eigenvalue weighted by atomic mass is 9.78. The van der Waals surface area contributed by atoms with Gasteiger partial charge in [-0.3, -0.25) is 0 Å². The number of nitrogens with two attached hydrogens (primary N) is 1. The minimum Gasteiger partial charge on any atom is -0.423 e. The van der Waals surface area contributed by atoms with Crippen molar-refractivity contribution in [1.29, 1.82) is 0 Å². The van der Waals surface area contributed by atoms with Gasteiger partial charge in [-0.05, 0) is 28.6 Å². The average molecular weight is 341 g/mol. The summed E-state index contributed by atoms with van der Waals surface area (Å²) in [6.45, 7) is 1.99. The maximum Gasteiger partial charge on any atom is 0.488 e. The van der Waals surface area contributed by atoms with E-state index in [1.54, 1.807) is 24.4 Å². The molecule has 2 rings (SSSR count). The van der Waals surface area contributed by atoms with Crippen molar-refractivity contribution in [3.63, 3.8) is 0 Å². The maximum absolute atomic E-state index is 9.22. The van der Waals surface area contributed by atoms with Crippen LogP contribution in [-0.4, -0.2) is 28.5 Å². The first-order chi connectivity index (χ1) is 11.6. The van der Waals surface area contributed by atoms with Gasteiger partial charge in [0, 0.05) is 5.75 Å². The summed E-state index contributed by atoms with van der Waals surface area (Å²) in [6, 6.07) is 15.2. The molecule has 4 N–H and O–H groups in total. The molecule has 0 heterocycles. The number of hydrogen-bond acceptors (Lipinski definition) is 5. The van der Waals surface area contributed by atoms with Gasteiger partial charge in [-0.2, -0.15) is 5.10 Å². The Balaban J connectivity index is 1.99. The fraction of sp³-hybridized carbons (Fsp3) is 0.176. The lowest BCUT2D eigenvalue weighted by Gasteiger charge is -2.06. The van der Waals surface area contributed by atoms with Gasteiger partial charge in [-0.1, -0.05) is 67.2 Å². The van der Waals surface area contributed by atoms with E-state index in [1.165, 1.54) is 17.3 Å². The topological polar surface area (TPSA) is 91.2 Å². The highest BCUT2D eigenvalue weighted by molar-refractivity contribution is 8.13. The van der Waals surface area contributed by atoms with Crippen molar-refractivity contribution in [2.75, 3.05) is 0 Å². The third kappa shape index (κ3) is 5.52. The van der Waals surface area contributed by atoms with Crippen LogP contribution in [0.3, 0.4) is 0 Å². The summed E-state index contributed by atoms with van der Waals surface area (Å²) in [4.78, 5) is 0. The summed E-state index contributed by atoms with van der Waals surface area (Å²) in [5.41, 5.74) is 9.34. The fourth-order valence-corrected chi connectivity index (χ4v) is 2.74. The molecule has 2 aromatic rings. The molecule has 0 radical (unpaired) electrons. The molecule has 0 saturated carbocycles. The molecule has 0 aliphatic rings. The molecule has 2 aromatic carbocycles. The van der Waals surface area contributed by atoms with Gasteiger partial charge >= 0.3 is 7.12 Å². The number of thioether (sulfide) groups is 1. The van der Waals surface area contributed by atoms with Crippen molar-refractivity contribution in [2.45, 2.75) is 19.1 Å². The van der Waals surface area contributed by atoms with Crippen LogP contribution in [0.5, 0.6) is 0 Å². The van der Waals surface area contributed by atoms with Gasteiger partial charge in [0.2, 0.25) is 0 Å². The van der Waals surface area contributed by atoms with Crippen LogP contribution in [-0.2, 0) is 12.2 Å². The van der Waals surface area contributed by atoms with Crippen molar-refractivity contribution in [2.24, 2.45) is 15.9 Å². The monoisotopic (exact) mass is 341 g/mol. The number of nitrogens with zero attached hydrogens (tertiary/aromatic N) is 2. The summed E-state index contributed by atoms with van der Waals surface area (Å²) >= 11 is 1.43. The van der Waals surface area contributed by atoms with Crippen molar-refractivity contribution < 1.29 is 10.0 Å². The molecule has 0 saturated heterocycles. The highest BCUT2D eigenvalue weighted by Gasteiger charge is 2.12. The lowest BCUT2D eigenvalue weighted by Crippen LogP contribution is -2.30. The standard InChI is InChI=1S/C17H20BN3O2S/c1-2-14-10-16(18(22)23)9-8-15(14)11-20-21-17(19)24-12-13-6-4-3-5-7-13/h3-11,22-23H,2,12H2,1H3,(H2,19,21). The minimum atomic E-state index is -1.47. The van der Waals surface area contributed by atoms with Crippen LogP contribution in [0.4, 0.5) is 0 Å². The highest BCUT2D eigenvalue weighted by Crippen LogP contribution is 2.11. The van der Waals surface area contributed by atoms with E-state index in [0.29, 0.717) is 10.6 Å². The second-order valence-corrected chi connectivity index (χ2v) is 6.14. The molecule has 7 heteroatoms. The zero-order valence-electron chi connectivity index (χ0n) is 13.5. The summed E-state index contributed by atoms with van der Waals surface area (Å²) in [5, 5.41) is 26.9. The van der Waals surface area contributed by atoms with Gasteiger partial charge in [0.15, 0.2) is 5.17 Å². The van der Waals surface area contributed by atoms with E-state index in [9.17, 15) is 10.0 Å². The second kappa shape index (κ2) is 9.27. The van der Waals surface area contributed by atoms with E-state index in [4.69, 9.17) is 5.73 Å². The molecule has 5 nitrogen and oxygen atoms in total. The Hall–Kier alpha value is -2.09. The van der Waals surface area contributed by atoms with E-state index in [-0.39, 0.29) is 0 Å². The smallest absolute Gasteiger partial charge is 0.423 e. The molecule has 124 valence electrons. The molecule has 0 amide bonds. The number of benzene rings is 2. The normalized spacial score (nSPS) is 11.9. The lowest BCUT2D eigenvalue weighted by molar-refractivity contribution is 0.425. The Kier molecular flexibility index (Phi) is 7.05.